The molecular weight excluding hydrogens is 216 g/mol. The van der Waals surface area contributed by atoms with Crippen LogP contribution in [0.2, 0.25) is 0 Å². The molecule has 0 saturated carbocycles. The van der Waals surface area contributed by atoms with Gasteiger partial charge in [0.2, 0.25) is 6.08 Å². The van der Waals surface area contributed by atoms with Gasteiger partial charge in [-0.1, -0.05) is 12.1 Å². The minimum absolute atomic E-state index is 0.0894. The summed E-state index contributed by atoms with van der Waals surface area (Å²) in [6.45, 7) is 1.90. The number of rotatable bonds is 4. The molecule has 2 unspecified atom stereocenters. The second-order valence-corrected chi connectivity index (χ2v) is 4.19. The largest absolute Gasteiger partial charge is 0.497 e. The van der Waals surface area contributed by atoms with Crippen molar-refractivity contribution in [2.24, 2.45) is 10.9 Å². The number of benzene rings is 1. The molecule has 0 spiro atoms. The Hall–Kier alpha value is -1.64. The average molecular weight is 232 g/mol. The van der Waals surface area contributed by atoms with Crippen molar-refractivity contribution in [2.45, 2.75) is 12.5 Å². The fourth-order valence-corrected chi connectivity index (χ4v) is 2.26. The number of nitrogens with one attached hydrogen (secondary N) is 1. The molecule has 1 aliphatic rings. The number of isocyanates is 1. The Balaban J connectivity index is 2.21. The van der Waals surface area contributed by atoms with Gasteiger partial charge in [0.05, 0.1) is 13.2 Å². The summed E-state index contributed by atoms with van der Waals surface area (Å²) in [5.41, 5.74) is 1.04. The molecule has 1 heterocycles. The van der Waals surface area contributed by atoms with E-state index >= 15 is 0 Å². The standard InChI is InChI=1S/C13H16N2O2/c1-17-12-4-2-10(3-5-12)13(15-9-16)11-6-7-14-8-11/h2-5,11,13-14H,6-8H2,1H3. The van der Waals surface area contributed by atoms with Crippen LogP contribution in [0.1, 0.15) is 18.0 Å². The third-order valence-electron chi connectivity index (χ3n) is 3.19. The van der Waals surface area contributed by atoms with E-state index in [9.17, 15) is 4.79 Å². The van der Waals surface area contributed by atoms with E-state index in [1.54, 1.807) is 13.2 Å². The predicted molar refractivity (Wildman–Crippen MR) is 64.8 cm³/mol. The van der Waals surface area contributed by atoms with E-state index in [0.717, 1.165) is 30.8 Å². The second-order valence-electron chi connectivity index (χ2n) is 4.19. The first-order chi connectivity index (χ1) is 8.35. The van der Waals surface area contributed by atoms with Gasteiger partial charge in [0.15, 0.2) is 0 Å². The van der Waals surface area contributed by atoms with Gasteiger partial charge in [0, 0.05) is 6.54 Å². The lowest BCUT2D eigenvalue weighted by Crippen LogP contribution is -2.15. The van der Waals surface area contributed by atoms with Crippen molar-refractivity contribution in [3.8, 4) is 5.75 Å². The third kappa shape index (κ3) is 2.73. The van der Waals surface area contributed by atoms with Gasteiger partial charge in [-0.25, -0.2) is 4.79 Å². The molecule has 4 nitrogen and oxygen atoms in total. The van der Waals surface area contributed by atoms with Gasteiger partial charge in [-0.3, -0.25) is 0 Å². The molecule has 0 aliphatic carbocycles. The molecule has 17 heavy (non-hydrogen) atoms. The molecule has 1 aliphatic heterocycles. The van der Waals surface area contributed by atoms with E-state index in [4.69, 9.17) is 4.74 Å². The van der Waals surface area contributed by atoms with E-state index in [-0.39, 0.29) is 6.04 Å². The number of carbonyl (C=O) groups excluding carboxylic acids is 1. The zero-order valence-corrected chi connectivity index (χ0v) is 9.85. The number of aliphatic imine (C=N–C) groups is 1. The zero-order chi connectivity index (χ0) is 12.1. The Morgan fingerprint density at radius 2 is 2.24 bits per heavy atom. The van der Waals surface area contributed by atoms with Crippen LogP contribution in [0, 0.1) is 5.92 Å². The minimum Gasteiger partial charge on any atom is -0.497 e. The van der Waals surface area contributed by atoms with Crippen LogP contribution in [0.4, 0.5) is 0 Å². The van der Waals surface area contributed by atoms with Gasteiger partial charge >= 0.3 is 0 Å². The van der Waals surface area contributed by atoms with Crippen LogP contribution >= 0.6 is 0 Å². The van der Waals surface area contributed by atoms with Gasteiger partial charge in [-0.05, 0) is 36.6 Å². The van der Waals surface area contributed by atoms with Crippen LogP contribution in [0.5, 0.6) is 5.75 Å². The summed E-state index contributed by atoms with van der Waals surface area (Å²) in [4.78, 5) is 14.5. The average Bonchev–Trinajstić information content (AvgIpc) is 2.90. The van der Waals surface area contributed by atoms with E-state index < -0.39 is 0 Å². The molecule has 90 valence electrons. The van der Waals surface area contributed by atoms with Crippen molar-refractivity contribution >= 4 is 6.08 Å². The van der Waals surface area contributed by atoms with Crippen molar-refractivity contribution in [3.05, 3.63) is 29.8 Å². The topological polar surface area (TPSA) is 50.7 Å². The highest BCUT2D eigenvalue weighted by Crippen LogP contribution is 2.30. The Kier molecular flexibility index (Phi) is 3.91. The van der Waals surface area contributed by atoms with Gasteiger partial charge in [0.25, 0.3) is 0 Å². The van der Waals surface area contributed by atoms with Crippen molar-refractivity contribution in [1.82, 2.24) is 5.32 Å². The molecule has 1 aromatic carbocycles. The second kappa shape index (κ2) is 5.62. The van der Waals surface area contributed by atoms with Crippen molar-refractivity contribution in [3.63, 3.8) is 0 Å². The first-order valence-electron chi connectivity index (χ1n) is 5.77. The zero-order valence-electron chi connectivity index (χ0n) is 9.85. The fourth-order valence-electron chi connectivity index (χ4n) is 2.26. The minimum atomic E-state index is -0.0894. The molecule has 0 radical (unpaired) electrons. The van der Waals surface area contributed by atoms with Gasteiger partial charge in [-0.15, -0.1) is 0 Å². The molecule has 1 N–H and O–H groups in total. The SMILES string of the molecule is COc1ccc(C(N=C=O)C2CCNC2)cc1. The normalized spacial score (nSPS) is 20.6. The number of hydrogen-bond donors (Lipinski definition) is 1. The Labute approximate surface area is 101 Å². The van der Waals surface area contributed by atoms with Crippen LogP contribution in [0.25, 0.3) is 0 Å². The Morgan fingerprint density at radius 3 is 2.76 bits per heavy atom. The summed E-state index contributed by atoms with van der Waals surface area (Å²) < 4.78 is 5.11. The van der Waals surface area contributed by atoms with Gasteiger partial charge in [0.1, 0.15) is 5.75 Å². The Morgan fingerprint density at radius 1 is 1.47 bits per heavy atom. The molecule has 0 bridgehead atoms. The summed E-state index contributed by atoms with van der Waals surface area (Å²) in [5, 5.41) is 3.29. The highest BCUT2D eigenvalue weighted by Gasteiger charge is 2.25. The Bertz CT molecular complexity index is 404. The molecule has 4 heteroatoms. The summed E-state index contributed by atoms with van der Waals surface area (Å²) in [7, 11) is 1.64. The highest BCUT2D eigenvalue weighted by molar-refractivity contribution is 5.37. The van der Waals surface area contributed by atoms with E-state index in [1.807, 2.05) is 24.3 Å². The van der Waals surface area contributed by atoms with Crippen LogP contribution < -0.4 is 10.1 Å². The van der Waals surface area contributed by atoms with Crippen LogP contribution in [-0.2, 0) is 4.79 Å². The number of hydrogen-bond acceptors (Lipinski definition) is 4. The lowest BCUT2D eigenvalue weighted by molar-refractivity contribution is 0.413. The molecular formula is C13H16N2O2. The molecule has 1 aromatic rings. The molecule has 2 rings (SSSR count). The van der Waals surface area contributed by atoms with E-state index in [0.29, 0.717) is 5.92 Å². The summed E-state index contributed by atoms with van der Waals surface area (Å²) in [5.74, 6) is 1.19. The molecule has 0 aromatic heterocycles. The lowest BCUT2D eigenvalue weighted by atomic mass is 9.93. The summed E-state index contributed by atoms with van der Waals surface area (Å²) in [6.07, 6.45) is 2.73. The molecule has 0 amide bonds. The summed E-state index contributed by atoms with van der Waals surface area (Å²) >= 11 is 0. The van der Waals surface area contributed by atoms with E-state index in [2.05, 4.69) is 10.3 Å². The predicted octanol–water partition coefficient (Wildman–Crippen LogP) is 1.68. The quantitative estimate of drug-likeness (QED) is 0.634. The maximum absolute atomic E-state index is 10.5. The van der Waals surface area contributed by atoms with Crippen molar-refractivity contribution in [1.29, 1.82) is 0 Å². The molecule has 2 atom stereocenters. The maximum atomic E-state index is 10.5. The monoisotopic (exact) mass is 232 g/mol. The fraction of sp³-hybridized carbons (Fsp3) is 0.462. The summed E-state index contributed by atoms with van der Waals surface area (Å²) in [6, 6.07) is 7.62. The molecule has 1 fully saturated rings. The van der Waals surface area contributed by atoms with Crippen LogP contribution in [0.15, 0.2) is 29.3 Å². The number of methoxy groups -OCH3 is 1. The van der Waals surface area contributed by atoms with Crippen molar-refractivity contribution in [2.75, 3.05) is 20.2 Å². The lowest BCUT2D eigenvalue weighted by Gasteiger charge is -2.17. The smallest absolute Gasteiger partial charge is 0.235 e. The van der Waals surface area contributed by atoms with Gasteiger partial charge in [-0.2, -0.15) is 4.99 Å². The maximum Gasteiger partial charge on any atom is 0.235 e. The number of ether oxygens (including phenoxy) is 1. The first kappa shape index (κ1) is 11.8. The van der Waals surface area contributed by atoms with E-state index in [1.165, 1.54) is 0 Å². The number of nitrogens with zero attached hydrogens (tertiary/aromatic N) is 1. The highest BCUT2D eigenvalue weighted by atomic mass is 16.5. The van der Waals surface area contributed by atoms with Crippen LogP contribution in [0.3, 0.4) is 0 Å². The first-order valence-corrected chi connectivity index (χ1v) is 5.77. The van der Waals surface area contributed by atoms with Gasteiger partial charge < -0.3 is 10.1 Å². The van der Waals surface area contributed by atoms with Crippen molar-refractivity contribution < 1.29 is 9.53 Å². The molecule has 1 saturated heterocycles. The van der Waals surface area contributed by atoms with Crippen LogP contribution in [-0.4, -0.2) is 26.3 Å². The third-order valence-corrected chi connectivity index (χ3v) is 3.19.